The van der Waals surface area contributed by atoms with E-state index < -0.39 is 0 Å². The number of rotatable bonds is 5. The summed E-state index contributed by atoms with van der Waals surface area (Å²) < 4.78 is 7.63. The molecule has 0 spiro atoms. The predicted molar refractivity (Wildman–Crippen MR) is 74.2 cm³/mol. The fourth-order valence-corrected chi connectivity index (χ4v) is 4.65. The van der Waals surface area contributed by atoms with Crippen LogP contribution < -0.4 is 5.32 Å². The van der Waals surface area contributed by atoms with Crippen LogP contribution in [0.1, 0.15) is 13.3 Å². The van der Waals surface area contributed by atoms with Crippen molar-refractivity contribution in [1.82, 2.24) is 15.5 Å². The molecule has 2 atom stereocenters. The molecule has 1 aromatic heterocycles. The van der Waals surface area contributed by atoms with Crippen LogP contribution in [-0.4, -0.2) is 47.5 Å². The van der Waals surface area contributed by atoms with Crippen LogP contribution in [0.2, 0.25) is 0 Å². The highest BCUT2D eigenvalue weighted by Crippen LogP contribution is 2.33. The van der Waals surface area contributed by atoms with Gasteiger partial charge in [0.05, 0.1) is 11.9 Å². The zero-order valence-corrected chi connectivity index (χ0v) is 12.5. The molecule has 96 valence electrons. The second kappa shape index (κ2) is 6.94. The summed E-state index contributed by atoms with van der Waals surface area (Å²) in [6.07, 6.45) is 3.11. The molecule has 4 nitrogen and oxygen atoms in total. The molecule has 1 aromatic rings. The van der Waals surface area contributed by atoms with Crippen LogP contribution in [0, 0.1) is 0 Å². The Kier molecular flexibility index (Phi) is 5.55. The maximum atomic E-state index is 5.55. The molecule has 1 aliphatic rings. The van der Waals surface area contributed by atoms with Crippen molar-refractivity contribution in [2.45, 2.75) is 33.3 Å². The first-order valence-corrected chi connectivity index (χ1v) is 8.61. The lowest BCUT2D eigenvalue weighted by atomic mass is 10.1. The van der Waals surface area contributed by atoms with Gasteiger partial charge in [0.1, 0.15) is 0 Å². The van der Waals surface area contributed by atoms with Crippen molar-refractivity contribution in [2.75, 3.05) is 26.0 Å². The largest absolute Gasteiger partial charge is 0.380 e. The van der Waals surface area contributed by atoms with Crippen LogP contribution in [0.3, 0.4) is 0 Å². The molecule has 0 saturated carbocycles. The van der Waals surface area contributed by atoms with Gasteiger partial charge in [-0.05, 0) is 19.2 Å². The fourth-order valence-electron chi connectivity index (χ4n) is 1.78. The molecule has 0 aromatic carbocycles. The van der Waals surface area contributed by atoms with Crippen LogP contribution in [0.25, 0.3) is 0 Å². The Morgan fingerprint density at radius 2 is 2.29 bits per heavy atom. The molecule has 1 fully saturated rings. The Labute approximate surface area is 114 Å². The van der Waals surface area contributed by atoms with Gasteiger partial charge in [-0.3, -0.25) is 0 Å². The SMILES string of the molecule is CCNC1CCOCC1Sc1nnc(SC)s1. The van der Waals surface area contributed by atoms with Gasteiger partial charge >= 0.3 is 0 Å². The highest BCUT2D eigenvalue weighted by atomic mass is 32.2. The van der Waals surface area contributed by atoms with Gasteiger partial charge in [0.25, 0.3) is 0 Å². The Hall–Kier alpha value is 0.180. The van der Waals surface area contributed by atoms with Crippen LogP contribution >= 0.6 is 34.9 Å². The average molecular weight is 291 g/mol. The van der Waals surface area contributed by atoms with Crippen LogP contribution in [-0.2, 0) is 4.74 Å². The number of aromatic nitrogens is 2. The zero-order valence-electron chi connectivity index (χ0n) is 10.0. The molecule has 0 aliphatic carbocycles. The highest BCUT2D eigenvalue weighted by Gasteiger charge is 2.27. The summed E-state index contributed by atoms with van der Waals surface area (Å²) in [5, 5.41) is 12.3. The molecule has 2 heterocycles. The van der Waals surface area contributed by atoms with Gasteiger partial charge in [-0.2, -0.15) is 0 Å². The van der Waals surface area contributed by atoms with Gasteiger partial charge < -0.3 is 10.1 Å². The third-order valence-corrected chi connectivity index (χ3v) is 5.87. The summed E-state index contributed by atoms with van der Waals surface area (Å²) >= 11 is 5.11. The third kappa shape index (κ3) is 3.82. The number of ether oxygens (including phenoxy) is 1. The molecular formula is C10H17N3OS3. The minimum absolute atomic E-state index is 0.450. The molecule has 1 N–H and O–H groups in total. The molecule has 7 heteroatoms. The molecule has 0 bridgehead atoms. The maximum absolute atomic E-state index is 5.55. The number of thioether (sulfide) groups is 2. The minimum atomic E-state index is 0.450. The van der Waals surface area contributed by atoms with E-state index in [0.29, 0.717) is 11.3 Å². The molecule has 17 heavy (non-hydrogen) atoms. The molecule has 2 rings (SSSR count). The lowest BCUT2D eigenvalue weighted by Crippen LogP contribution is -2.44. The lowest BCUT2D eigenvalue weighted by Gasteiger charge is -2.30. The number of hydrogen-bond acceptors (Lipinski definition) is 7. The molecule has 0 amide bonds. The summed E-state index contributed by atoms with van der Waals surface area (Å²) in [6.45, 7) is 4.82. The van der Waals surface area contributed by atoms with Crippen molar-refractivity contribution >= 4 is 34.9 Å². The van der Waals surface area contributed by atoms with Gasteiger partial charge in [0.2, 0.25) is 0 Å². The molecular weight excluding hydrogens is 274 g/mol. The van der Waals surface area contributed by atoms with E-state index in [-0.39, 0.29) is 0 Å². The quantitative estimate of drug-likeness (QED) is 0.839. The average Bonchev–Trinajstić information content (AvgIpc) is 2.80. The predicted octanol–water partition coefficient (Wildman–Crippen LogP) is 2.12. The third-order valence-electron chi connectivity index (χ3n) is 2.59. The van der Waals surface area contributed by atoms with Gasteiger partial charge in [-0.25, -0.2) is 0 Å². The van der Waals surface area contributed by atoms with Gasteiger partial charge in [-0.1, -0.05) is 41.8 Å². The molecule has 0 radical (unpaired) electrons. The van der Waals surface area contributed by atoms with E-state index in [1.807, 2.05) is 6.26 Å². The van der Waals surface area contributed by atoms with E-state index in [1.54, 1.807) is 34.9 Å². The smallest absolute Gasteiger partial charge is 0.175 e. The topological polar surface area (TPSA) is 47.0 Å². The molecule has 1 aliphatic heterocycles. The first kappa shape index (κ1) is 13.6. The van der Waals surface area contributed by atoms with Crippen molar-refractivity contribution in [2.24, 2.45) is 0 Å². The second-order valence-electron chi connectivity index (χ2n) is 3.72. The van der Waals surface area contributed by atoms with Crippen LogP contribution in [0.15, 0.2) is 8.68 Å². The summed E-state index contributed by atoms with van der Waals surface area (Å²) in [5.41, 5.74) is 0. The summed E-state index contributed by atoms with van der Waals surface area (Å²) in [5.74, 6) is 0. The first-order valence-electron chi connectivity index (χ1n) is 5.68. The first-order chi connectivity index (χ1) is 8.33. The highest BCUT2D eigenvalue weighted by molar-refractivity contribution is 8.03. The summed E-state index contributed by atoms with van der Waals surface area (Å²) in [7, 11) is 0. The van der Waals surface area contributed by atoms with Crippen molar-refractivity contribution in [1.29, 1.82) is 0 Å². The lowest BCUT2D eigenvalue weighted by molar-refractivity contribution is 0.0837. The van der Waals surface area contributed by atoms with E-state index in [9.17, 15) is 0 Å². The van der Waals surface area contributed by atoms with Gasteiger partial charge in [0.15, 0.2) is 8.68 Å². The fraction of sp³-hybridized carbons (Fsp3) is 0.800. The van der Waals surface area contributed by atoms with Crippen molar-refractivity contribution in [3.05, 3.63) is 0 Å². The Balaban J connectivity index is 1.95. The Morgan fingerprint density at radius 3 is 3.00 bits per heavy atom. The number of nitrogens with one attached hydrogen (secondary N) is 1. The summed E-state index contributed by atoms with van der Waals surface area (Å²) in [4.78, 5) is 0. The summed E-state index contributed by atoms with van der Waals surface area (Å²) in [6, 6.07) is 0.528. The van der Waals surface area contributed by atoms with Crippen molar-refractivity contribution in [3.63, 3.8) is 0 Å². The van der Waals surface area contributed by atoms with Crippen LogP contribution in [0.4, 0.5) is 0 Å². The van der Waals surface area contributed by atoms with Crippen molar-refractivity contribution in [3.8, 4) is 0 Å². The van der Waals surface area contributed by atoms with Gasteiger partial charge in [0, 0.05) is 12.6 Å². The van der Waals surface area contributed by atoms with Crippen molar-refractivity contribution < 1.29 is 4.74 Å². The van der Waals surface area contributed by atoms with E-state index in [2.05, 4.69) is 22.4 Å². The van der Waals surface area contributed by atoms with E-state index >= 15 is 0 Å². The number of hydrogen-bond donors (Lipinski definition) is 1. The Bertz CT molecular complexity index is 345. The Morgan fingerprint density at radius 1 is 1.47 bits per heavy atom. The molecule has 2 unspecified atom stereocenters. The van der Waals surface area contributed by atoms with E-state index in [0.717, 1.165) is 34.9 Å². The zero-order chi connectivity index (χ0) is 12.1. The standard InChI is InChI=1S/C10H17N3OS3/c1-3-11-7-4-5-14-6-8(7)16-10-13-12-9(15-2)17-10/h7-8,11H,3-6H2,1-2H3. The minimum Gasteiger partial charge on any atom is -0.380 e. The van der Waals surface area contributed by atoms with E-state index in [4.69, 9.17) is 4.74 Å². The second-order valence-corrected chi connectivity index (χ2v) is 7.24. The van der Waals surface area contributed by atoms with Gasteiger partial charge in [-0.15, -0.1) is 10.2 Å². The monoisotopic (exact) mass is 291 g/mol. The van der Waals surface area contributed by atoms with Crippen LogP contribution in [0.5, 0.6) is 0 Å². The number of nitrogens with zero attached hydrogens (tertiary/aromatic N) is 2. The van der Waals surface area contributed by atoms with E-state index in [1.165, 1.54) is 0 Å². The normalized spacial score (nSPS) is 25.1. The molecule has 1 saturated heterocycles. The maximum Gasteiger partial charge on any atom is 0.175 e.